The fourth-order valence-electron chi connectivity index (χ4n) is 3.17. The quantitative estimate of drug-likeness (QED) is 0.686. The first-order valence-corrected chi connectivity index (χ1v) is 8.41. The van der Waals surface area contributed by atoms with Crippen LogP contribution in [0.3, 0.4) is 0 Å². The van der Waals surface area contributed by atoms with Crippen LogP contribution in [0.4, 0.5) is 15.8 Å². The van der Waals surface area contributed by atoms with E-state index in [-0.39, 0.29) is 17.9 Å². The number of ether oxygens (including phenoxy) is 1. The number of carboxylic acids is 1. The van der Waals surface area contributed by atoms with Crippen LogP contribution in [0, 0.1) is 5.82 Å². The third-order valence-electron chi connectivity index (χ3n) is 4.63. The number of nitrogens with zero attached hydrogens (tertiary/aromatic N) is 2. The summed E-state index contributed by atoms with van der Waals surface area (Å²) in [6.07, 6.45) is 1.37. The molecule has 3 N–H and O–H groups in total. The largest absolute Gasteiger partial charge is 0.478 e. The predicted octanol–water partition coefficient (Wildman–Crippen LogP) is 1.54. The lowest BCUT2D eigenvalue weighted by atomic mass is 9.94. The van der Waals surface area contributed by atoms with Crippen molar-refractivity contribution < 1.29 is 19.0 Å². The molecule has 7 nitrogen and oxygen atoms in total. The number of nitrogens with one attached hydrogen (secondary N) is 2. The van der Waals surface area contributed by atoms with Gasteiger partial charge in [-0.3, -0.25) is 5.32 Å². The second kappa shape index (κ2) is 7.35. The van der Waals surface area contributed by atoms with Crippen LogP contribution < -0.4 is 20.3 Å². The van der Waals surface area contributed by atoms with Gasteiger partial charge < -0.3 is 25.0 Å². The van der Waals surface area contributed by atoms with Gasteiger partial charge in [0.05, 0.1) is 11.3 Å². The third kappa shape index (κ3) is 3.25. The van der Waals surface area contributed by atoms with Gasteiger partial charge in [0.25, 0.3) is 0 Å². The molecule has 1 fully saturated rings. The highest BCUT2D eigenvalue weighted by Gasteiger charge is 2.30. The van der Waals surface area contributed by atoms with Gasteiger partial charge in [0.1, 0.15) is 12.4 Å². The van der Waals surface area contributed by atoms with Crippen LogP contribution >= 0.6 is 0 Å². The molecule has 3 rings (SSSR count). The molecule has 26 heavy (non-hydrogen) atoms. The summed E-state index contributed by atoms with van der Waals surface area (Å²) in [7, 11) is 3.76. The average Bonchev–Trinajstić information content (AvgIpc) is 2.61. The maximum atomic E-state index is 15.1. The number of piperazine rings is 1. The Hall–Kier alpha value is -2.58. The van der Waals surface area contributed by atoms with Gasteiger partial charge >= 0.3 is 5.97 Å². The third-order valence-corrected chi connectivity index (χ3v) is 4.63. The number of carbonyl (C=O) groups is 1. The van der Waals surface area contributed by atoms with E-state index in [4.69, 9.17) is 4.74 Å². The Balaban J connectivity index is 2.08. The summed E-state index contributed by atoms with van der Waals surface area (Å²) in [6.45, 7) is 7.03. The number of aliphatic carboxylic acids is 1. The van der Waals surface area contributed by atoms with Crippen molar-refractivity contribution in [1.29, 1.82) is 0 Å². The lowest BCUT2D eigenvalue weighted by molar-refractivity contribution is -0.132. The molecular weight excluding hydrogens is 339 g/mol. The Morgan fingerprint density at radius 1 is 1.42 bits per heavy atom. The maximum absolute atomic E-state index is 15.1. The Bertz CT molecular complexity index is 770. The summed E-state index contributed by atoms with van der Waals surface area (Å²) >= 11 is 0. The van der Waals surface area contributed by atoms with Crippen LogP contribution in [-0.4, -0.2) is 63.0 Å². The van der Waals surface area contributed by atoms with Gasteiger partial charge in [-0.15, -0.1) is 0 Å². The molecule has 0 spiro atoms. The number of anilines is 2. The monoisotopic (exact) mass is 362 g/mol. The smallest absolute Gasteiger partial charge is 0.337 e. The van der Waals surface area contributed by atoms with Crippen LogP contribution in [-0.2, 0) is 4.79 Å². The van der Waals surface area contributed by atoms with Crippen LogP contribution in [0.2, 0.25) is 0 Å². The fourth-order valence-corrected chi connectivity index (χ4v) is 3.17. The number of carboxylic acid groups (broad SMARTS) is 1. The summed E-state index contributed by atoms with van der Waals surface area (Å²) < 4.78 is 20.9. The van der Waals surface area contributed by atoms with E-state index in [0.29, 0.717) is 35.8 Å². The summed E-state index contributed by atoms with van der Waals surface area (Å²) in [5, 5.41) is 15.1. The van der Waals surface area contributed by atoms with E-state index < -0.39 is 11.8 Å². The Morgan fingerprint density at radius 2 is 2.12 bits per heavy atom. The maximum Gasteiger partial charge on any atom is 0.337 e. The van der Waals surface area contributed by atoms with Crippen LogP contribution in [0.15, 0.2) is 24.4 Å². The molecule has 0 aliphatic carbocycles. The molecule has 0 radical (unpaired) electrons. The molecule has 0 saturated carbocycles. The molecule has 0 aromatic heterocycles. The van der Waals surface area contributed by atoms with Gasteiger partial charge in [0, 0.05) is 37.9 Å². The molecule has 1 saturated heterocycles. The summed E-state index contributed by atoms with van der Waals surface area (Å²) in [4.78, 5) is 15.5. The van der Waals surface area contributed by atoms with Crippen LogP contribution in [0.25, 0.3) is 5.57 Å². The van der Waals surface area contributed by atoms with Crippen molar-refractivity contribution >= 4 is 22.9 Å². The second-order valence-electron chi connectivity index (χ2n) is 6.38. The van der Waals surface area contributed by atoms with Gasteiger partial charge in [-0.2, -0.15) is 0 Å². The average molecular weight is 362 g/mol. The molecule has 0 amide bonds. The minimum Gasteiger partial charge on any atom is -0.478 e. The summed E-state index contributed by atoms with van der Waals surface area (Å²) in [6, 6.07) is 1.33. The number of halogens is 1. The molecular formula is C18H23FN4O3. The first-order chi connectivity index (χ1) is 12.4. The Kier molecular flexibility index (Phi) is 5.15. The SMILES string of the molecule is C=C1C(C(=O)O)=CNc2c1cc(F)c(N1CCN(C)CC1)c2OCNC. The van der Waals surface area contributed by atoms with E-state index in [1.165, 1.54) is 12.3 Å². The zero-order chi connectivity index (χ0) is 18.8. The molecule has 2 aliphatic rings. The highest BCUT2D eigenvalue weighted by Crippen LogP contribution is 2.46. The lowest BCUT2D eigenvalue weighted by Crippen LogP contribution is -2.45. The lowest BCUT2D eigenvalue weighted by Gasteiger charge is -2.36. The van der Waals surface area contributed by atoms with Crippen molar-refractivity contribution in [3.8, 4) is 5.75 Å². The first kappa shape index (κ1) is 18.2. The highest BCUT2D eigenvalue weighted by atomic mass is 19.1. The van der Waals surface area contributed by atoms with E-state index in [9.17, 15) is 9.90 Å². The molecule has 0 unspecified atom stereocenters. The van der Waals surface area contributed by atoms with E-state index >= 15 is 4.39 Å². The topological polar surface area (TPSA) is 77.1 Å². The van der Waals surface area contributed by atoms with Crippen molar-refractivity contribution in [1.82, 2.24) is 10.2 Å². The molecule has 0 bridgehead atoms. The molecule has 140 valence electrons. The molecule has 1 aromatic rings. The number of hydrogen-bond acceptors (Lipinski definition) is 6. The van der Waals surface area contributed by atoms with Crippen LogP contribution in [0.1, 0.15) is 5.56 Å². The van der Waals surface area contributed by atoms with Crippen molar-refractivity contribution in [3.05, 3.63) is 35.8 Å². The summed E-state index contributed by atoms with van der Waals surface area (Å²) in [5.41, 5.74) is 1.57. The fraction of sp³-hybridized carbons (Fsp3) is 0.389. The number of fused-ring (bicyclic) bond motifs is 1. The van der Waals surface area contributed by atoms with Crippen molar-refractivity contribution in [3.63, 3.8) is 0 Å². The molecule has 0 atom stereocenters. The standard InChI is InChI=1S/C18H23FN4O3/c1-11-12-8-14(19)16(23-6-4-22(3)5-7-23)17(26-10-20-2)15(12)21-9-13(11)18(24)25/h8-9,20-21H,1,4-7,10H2,2-3H3,(H,24,25). The predicted molar refractivity (Wildman–Crippen MR) is 99.0 cm³/mol. The number of rotatable bonds is 5. The van der Waals surface area contributed by atoms with Crippen molar-refractivity contribution in [2.45, 2.75) is 0 Å². The van der Waals surface area contributed by atoms with Gasteiger partial charge in [-0.05, 0) is 25.7 Å². The normalized spacial score (nSPS) is 17.4. The van der Waals surface area contributed by atoms with Crippen LogP contribution in [0.5, 0.6) is 5.75 Å². The molecule has 1 aromatic carbocycles. The number of likely N-dealkylation sites (N-methyl/N-ethyl adjacent to an activating group) is 1. The van der Waals surface area contributed by atoms with E-state index in [2.05, 4.69) is 22.1 Å². The first-order valence-electron chi connectivity index (χ1n) is 8.41. The van der Waals surface area contributed by atoms with Crippen molar-refractivity contribution in [2.75, 3.05) is 57.2 Å². The van der Waals surface area contributed by atoms with Gasteiger partial charge in [0.2, 0.25) is 0 Å². The number of hydrogen-bond donors (Lipinski definition) is 3. The molecule has 2 heterocycles. The van der Waals surface area contributed by atoms with E-state index in [0.717, 1.165) is 13.1 Å². The Labute approximate surface area is 151 Å². The minimum absolute atomic E-state index is 0.00353. The minimum atomic E-state index is -1.12. The zero-order valence-corrected chi connectivity index (χ0v) is 14.9. The summed E-state index contributed by atoms with van der Waals surface area (Å²) in [5.74, 6) is -1.20. The molecule has 2 aliphatic heterocycles. The number of benzene rings is 1. The van der Waals surface area contributed by atoms with Gasteiger partial charge in [0.15, 0.2) is 11.6 Å². The second-order valence-corrected chi connectivity index (χ2v) is 6.38. The van der Waals surface area contributed by atoms with Gasteiger partial charge in [-0.25, -0.2) is 9.18 Å². The zero-order valence-electron chi connectivity index (χ0n) is 14.9. The van der Waals surface area contributed by atoms with E-state index in [1.807, 2.05) is 11.9 Å². The Morgan fingerprint density at radius 3 is 2.73 bits per heavy atom. The van der Waals surface area contributed by atoms with Crippen molar-refractivity contribution in [2.24, 2.45) is 0 Å². The molecule has 8 heteroatoms. The van der Waals surface area contributed by atoms with E-state index in [1.54, 1.807) is 7.05 Å². The van der Waals surface area contributed by atoms with Gasteiger partial charge in [-0.1, -0.05) is 6.58 Å². The highest BCUT2D eigenvalue weighted by molar-refractivity contribution is 6.09.